The Morgan fingerprint density at radius 3 is 2.57 bits per heavy atom. The van der Waals surface area contributed by atoms with Gasteiger partial charge in [0.1, 0.15) is 11.5 Å². The van der Waals surface area contributed by atoms with Gasteiger partial charge in [0.05, 0.1) is 31.2 Å². The molecule has 0 aromatic heterocycles. The standard InChI is InChI=1S/C14H17N3O5S/c1-9-11(8-17(2)23(19,20)16-9)14(18)15-12-7-10(21-3)5-6-13(12)22-4/h5-8H,1-4H3,(H,15,18). The number of ether oxygens (including phenoxy) is 2. The lowest BCUT2D eigenvalue weighted by atomic mass is 10.1. The van der Waals surface area contributed by atoms with Gasteiger partial charge in [0.25, 0.3) is 5.91 Å². The third-order valence-electron chi connectivity index (χ3n) is 3.22. The molecule has 0 unspecified atom stereocenters. The molecule has 1 amide bonds. The van der Waals surface area contributed by atoms with Gasteiger partial charge < -0.3 is 14.8 Å². The average Bonchev–Trinajstić information content (AvgIpc) is 2.50. The summed E-state index contributed by atoms with van der Waals surface area (Å²) in [5.41, 5.74) is 0.663. The van der Waals surface area contributed by atoms with E-state index in [-0.39, 0.29) is 11.3 Å². The number of carbonyl (C=O) groups excluding carboxylic acids is 1. The predicted octanol–water partition coefficient (Wildman–Crippen LogP) is 1.18. The van der Waals surface area contributed by atoms with Crippen LogP contribution in [0.3, 0.4) is 0 Å². The molecule has 1 heterocycles. The van der Waals surface area contributed by atoms with Crippen molar-refractivity contribution < 1.29 is 22.7 Å². The maximum absolute atomic E-state index is 12.4. The Bertz CT molecular complexity index is 799. The van der Waals surface area contributed by atoms with Crippen molar-refractivity contribution in [2.75, 3.05) is 26.6 Å². The number of anilines is 1. The van der Waals surface area contributed by atoms with Gasteiger partial charge in [0.2, 0.25) is 0 Å². The van der Waals surface area contributed by atoms with Gasteiger partial charge in [-0.05, 0) is 19.1 Å². The monoisotopic (exact) mass is 339 g/mol. The lowest BCUT2D eigenvalue weighted by molar-refractivity contribution is -0.112. The third kappa shape index (κ3) is 3.45. The molecule has 2 rings (SSSR count). The molecular weight excluding hydrogens is 322 g/mol. The Balaban J connectivity index is 2.32. The van der Waals surface area contributed by atoms with Crippen LogP contribution in [0.1, 0.15) is 6.92 Å². The molecule has 9 heteroatoms. The van der Waals surface area contributed by atoms with Gasteiger partial charge in [0.15, 0.2) is 0 Å². The summed E-state index contributed by atoms with van der Waals surface area (Å²) in [6, 6.07) is 4.95. The number of hydrogen-bond donors (Lipinski definition) is 1. The Kier molecular flexibility index (Phi) is 4.60. The van der Waals surface area contributed by atoms with Crippen molar-refractivity contribution in [2.24, 2.45) is 4.40 Å². The van der Waals surface area contributed by atoms with Crippen LogP contribution in [0.5, 0.6) is 11.5 Å². The van der Waals surface area contributed by atoms with Gasteiger partial charge in [-0.1, -0.05) is 0 Å². The second-order valence-electron chi connectivity index (χ2n) is 4.73. The number of amides is 1. The fraction of sp³-hybridized carbons (Fsp3) is 0.286. The van der Waals surface area contributed by atoms with E-state index < -0.39 is 16.1 Å². The van der Waals surface area contributed by atoms with Crippen molar-refractivity contribution in [3.8, 4) is 11.5 Å². The van der Waals surface area contributed by atoms with Crippen LogP contribution in [0.4, 0.5) is 5.69 Å². The Morgan fingerprint density at radius 2 is 1.96 bits per heavy atom. The number of hydrogen-bond acceptors (Lipinski definition) is 5. The highest BCUT2D eigenvalue weighted by atomic mass is 32.2. The summed E-state index contributed by atoms with van der Waals surface area (Å²) in [5.74, 6) is 0.495. The van der Waals surface area contributed by atoms with Crippen molar-refractivity contribution in [3.05, 3.63) is 30.0 Å². The molecule has 0 aliphatic carbocycles. The van der Waals surface area contributed by atoms with Gasteiger partial charge >= 0.3 is 10.2 Å². The highest BCUT2D eigenvalue weighted by Gasteiger charge is 2.26. The smallest absolute Gasteiger partial charge is 0.344 e. The molecule has 0 saturated carbocycles. The summed E-state index contributed by atoms with van der Waals surface area (Å²) >= 11 is 0. The first kappa shape index (κ1) is 16.8. The summed E-state index contributed by atoms with van der Waals surface area (Å²) in [5, 5.41) is 2.67. The molecule has 1 aliphatic rings. The van der Waals surface area contributed by atoms with E-state index in [4.69, 9.17) is 9.47 Å². The molecule has 8 nitrogen and oxygen atoms in total. The average molecular weight is 339 g/mol. The van der Waals surface area contributed by atoms with Crippen LogP contribution in [-0.4, -0.2) is 45.6 Å². The lowest BCUT2D eigenvalue weighted by Crippen LogP contribution is -2.30. The fourth-order valence-corrected chi connectivity index (χ4v) is 2.76. The van der Waals surface area contributed by atoms with E-state index in [9.17, 15) is 13.2 Å². The minimum absolute atomic E-state index is 0.113. The first-order valence-electron chi connectivity index (χ1n) is 6.58. The highest BCUT2D eigenvalue weighted by molar-refractivity contribution is 7.88. The Morgan fingerprint density at radius 1 is 1.26 bits per heavy atom. The third-order valence-corrected chi connectivity index (χ3v) is 4.55. The van der Waals surface area contributed by atoms with Crippen LogP contribution < -0.4 is 14.8 Å². The second-order valence-corrected chi connectivity index (χ2v) is 6.39. The molecule has 1 N–H and O–H groups in total. The minimum atomic E-state index is -3.75. The van der Waals surface area contributed by atoms with E-state index in [1.807, 2.05) is 0 Å². The van der Waals surface area contributed by atoms with E-state index in [2.05, 4.69) is 9.71 Å². The van der Waals surface area contributed by atoms with E-state index >= 15 is 0 Å². The van der Waals surface area contributed by atoms with Crippen LogP contribution in [0, 0.1) is 0 Å². The number of benzene rings is 1. The van der Waals surface area contributed by atoms with Gasteiger partial charge in [-0.2, -0.15) is 8.42 Å². The number of rotatable bonds is 4. The maximum Gasteiger partial charge on any atom is 0.344 e. The summed E-state index contributed by atoms with van der Waals surface area (Å²) in [6.45, 7) is 1.46. The Labute approximate surface area is 134 Å². The van der Waals surface area contributed by atoms with Crippen LogP contribution in [0.15, 0.2) is 34.4 Å². The highest BCUT2D eigenvalue weighted by Crippen LogP contribution is 2.29. The molecule has 1 aliphatic heterocycles. The van der Waals surface area contributed by atoms with Gasteiger partial charge in [-0.15, -0.1) is 4.40 Å². The Hall–Kier alpha value is -2.55. The minimum Gasteiger partial charge on any atom is -0.497 e. The molecule has 0 bridgehead atoms. The molecule has 23 heavy (non-hydrogen) atoms. The summed E-state index contributed by atoms with van der Waals surface area (Å²) in [6.07, 6.45) is 1.22. The van der Waals surface area contributed by atoms with Crippen LogP contribution in [-0.2, 0) is 15.0 Å². The predicted molar refractivity (Wildman–Crippen MR) is 86.1 cm³/mol. The van der Waals surface area contributed by atoms with Crippen molar-refractivity contribution in [1.29, 1.82) is 0 Å². The van der Waals surface area contributed by atoms with Gasteiger partial charge in [-0.25, -0.2) is 0 Å². The molecule has 0 spiro atoms. The second kappa shape index (κ2) is 6.29. The van der Waals surface area contributed by atoms with E-state index in [1.165, 1.54) is 34.4 Å². The molecule has 1 aromatic rings. The summed E-state index contributed by atoms with van der Waals surface area (Å²) in [4.78, 5) is 12.4. The first-order chi connectivity index (χ1) is 10.8. The molecule has 124 valence electrons. The number of carbonyl (C=O) groups is 1. The first-order valence-corrected chi connectivity index (χ1v) is 7.98. The van der Waals surface area contributed by atoms with Gasteiger partial charge in [-0.3, -0.25) is 9.10 Å². The van der Waals surface area contributed by atoms with Crippen LogP contribution in [0.2, 0.25) is 0 Å². The largest absolute Gasteiger partial charge is 0.497 e. The maximum atomic E-state index is 12.4. The van der Waals surface area contributed by atoms with Crippen LogP contribution >= 0.6 is 0 Å². The molecule has 0 atom stereocenters. The normalized spacial score (nSPS) is 16.3. The zero-order chi connectivity index (χ0) is 17.2. The molecule has 0 saturated heterocycles. The molecular formula is C14H17N3O5S. The summed E-state index contributed by atoms with van der Waals surface area (Å²) in [7, 11) is 0.541. The molecule has 0 fully saturated rings. The van der Waals surface area contributed by atoms with E-state index in [0.717, 1.165) is 4.31 Å². The summed E-state index contributed by atoms with van der Waals surface area (Å²) < 4.78 is 38.0. The topological polar surface area (TPSA) is 97.3 Å². The van der Waals surface area contributed by atoms with Crippen molar-refractivity contribution in [3.63, 3.8) is 0 Å². The zero-order valence-electron chi connectivity index (χ0n) is 13.2. The van der Waals surface area contributed by atoms with Crippen molar-refractivity contribution in [2.45, 2.75) is 6.92 Å². The number of methoxy groups -OCH3 is 2. The van der Waals surface area contributed by atoms with Crippen LogP contribution in [0.25, 0.3) is 0 Å². The van der Waals surface area contributed by atoms with E-state index in [1.54, 1.807) is 18.2 Å². The number of nitrogens with one attached hydrogen (secondary N) is 1. The van der Waals surface area contributed by atoms with Crippen molar-refractivity contribution >= 4 is 27.5 Å². The quantitative estimate of drug-likeness (QED) is 0.888. The van der Waals surface area contributed by atoms with Gasteiger partial charge in [0, 0.05) is 19.3 Å². The lowest BCUT2D eigenvalue weighted by Gasteiger charge is -2.20. The fourth-order valence-electron chi connectivity index (χ4n) is 1.95. The zero-order valence-corrected chi connectivity index (χ0v) is 14.0. The SMILES string of the molecule is COc1ccc(OC)c(NC(=O)C2=CN(C)S(=O)(=O)N=C2C)c1. The number of nitrogens with zero attached hydrogens (tertiary/aromatic N) is 2. The molecule has 0 radical (unpaired) electrons. The molecule has 1 aromatic carbocycles. The van der Waals surface area contributed by atoms with E-state index in [0.29, 0.717) is 17.2 Å². The van der Waals surface area contributed by atoms with Crippen molar-refractivity contribution in [1.82, 2.24) is 4.31 Å².